The first-order chi connectivity index (χ1) is 9.24. The molecular formula is C16H8BrIS. The predicted molar refractivity (Wildman–Crippen MR) is 97.3 cm³/mol. The highest BCUT2D eigenvalue weighted by atomic mass is 127. The summed E-state index contributed by atoms with van der Waals surface area (Å²) in [5, 5.41) is 5.33. The zero-order valence-corrected chi connectivity index (χ0v) is 14.3. The molecular weight excluding hydrogens is 431 g/mol. The van der Waals surface area contributed by atoms with Gasteiger partial charge in [0.05, 0.1) is 0 Å². The number of hydrogen-bond donors (Lipinski definition) is 0. The summed E-state index contributed by atoms with van der Waals surface area (Å²) in [5.41, 5.74) is 0. The van der Waals surface area contributed by atoms with Crippen molar-refractivity contribution in [3.05, 3.63) is 56.6 Å². The second kappa shape index (κ2) is 4.43. The molecule has 0 aliphatic carbocycles. The van der Waals surface area contributed by atoms with Crippen LogP contribution in [0.3, 0.4) is 0 Å². The Bertz CT molecular complexity index is 940. The van der Waals surface area contributed by atoms with Crippen molar-refractivity contribution in [2.45, 2.75) is 0 Å². The van der Waals surface area contributed by atoms with Gasteiger partial charge in [0, 0.05) is 33.6 Å². The van der Waals surface area contributed by atoms with E-state index < -0.39 is 0 Å². The van der Waals surface area contributed by atoms with Gasteiger partial charge in [0.25, 0.3) is 0 Å². The number of benzene rings is 3. The maximum Gasteiger partial charge on any atom is 0.0434 e. The smallest absolute Gasteiger partial charge is 0.0434 e. The minimum Gasteiger partial charge on any atom is -0.134 e. The summed E-state index contributed by atoms with van der Waals surface area (Å²) in [5.74, 6) is 0. The number of halogens is 2. The van der Waals surface area contributed by atoms with Crippen LogP contribution in [0.2, 0.25) is 0 Å². The van der Waals surface area contributed by atoms with Gasteiger partial charge in [0.2, 0.25) is 0 Å². The fourth-order valence-corrected chi connectivity index (χ4v) is 5.07. The Labute approximate surface area is 136 Å². The molecule has 4 rings (SSSR count). The number of fused-ring (bicyclic) bond motifs is 5. The normalized spacial score (nSPS) is 11.7. The molecule has 0 aliphatic rings. The van der Waals surface area contributed by atoms with Crippen LogP contribution in [-0.4, -0.2) is 0 Å². The van der Waals surface area contributed by atoms with Crippen LogP contribution in [0, 0.1) is 3.57 Å². The first kappa shape index (κ1) is 12.1. The Balaban J connectivity index is 2.31. The van der Waals surface area contributed by atoms with Gasteiger partial charge in [-0.05, 0) is 46.2 Å². The molecule has 92 valence electrons. The highest BCUT2D eigenvalue weighted by molar-refractivity contribution is 14.1. The highest BCUT2D eigenvalue weighted by Gasteiger charge is 2.10. The minimum atomic E-state index is 1.17. The lowest BCUT2D eigenvalue weighted by Gasteiger charge is -2.02. The molecule has 1 heterocycles. The molecule has 0 fully saturated rings. The molecule has 0 saturated heterocycles. The highest BCUT2D eigenvalue weighted by Crippen LogP contribution is 2.41. The summed E-state index contributed by atoms with van der Waals surface area (Å²) in [6.45, 7) is 0. The molecule has 0 amide bonds. The maximum atomic E-state index is 3.71. The van der Waals surface area contributed by atoms with Crippen molar-refractivity contribution < 1.29 is 0 Å². The van der Waals surface area contributed by atoms with Crippen molar-refractivity contribution in [1.29, 1.82) is 0 Å². The number of hydrogen-bond acceptors (Lipinski definition) is 1. The van der Waals surface area contributed by atoms with Crippen LogP contribution in [-0.2, 0) is 0 Å². The Morgan fingerprint density at radius 1 is 0.842 bits per heavy atom. The third-order valence-corrected chi connectivity index (χ3v) is 5.92. The summed E-state index contributed by atoms with van der Waals surface area (Å²) >= 11 is 7.97. The van der Waals surface area contributed by atoms with E-state index in [1.807, 2.05) is 11.3 Å². The predicted octanol–water partition coefficient (Wildman–Crippen LogP) is 6.57. The van der Waals surface area contributed by atoms with Gasteiger partial charge in [-0.1, -0.05) is 46.3 Å². The van der Waals surface area contributed by atoms with Crippen LogP contribution in [0.4, 0.5) is 0 Å². The molecule has 0 unspecified atom stereocenters. The van der Waals surface area contributed by atoms with Crippen molar-refractivity contribution in [1.82, 2.24) is 0 Å². The van der Waals surface area contributed by atoms with Crippen molar-refractivity contribution in [3.8, 4) is 0 Å². The molecule has 3 aromatic carbocycles. The van der Waals surface area contributed by atoms with Crippen molar-refractivity contribution in [3.63, 3.8) is 0 Å². The van der Waals surface area contributed by atoms with Crippen LogP contribution < -0.4 is 0 Å². The fraction of sp³-hybridized carbons (Fsp3) is 0. The van der Waals surface area contributed by atoms with E-state index in [2.05, 4.69) is 87.1 Å². The SMILES string of the molecule is Brc1cc2c3ccc(I)cc3sc2c2ccccc12. The van der Waals surface area contributed by atoms with Gasteiger partial charge in [-0.15, -0.1) is 11.3 Å². The molecule has 19 heavy (non-hydrogen) atoms. The summed E-state index contributed by atoms with van der Waals surface area (Å²) < 4.78 is 5.22. The van der Waals surface area contributed by atoms with Gasteiger partial charge in [-0.25, -0.2) is 0 Å². The molecule has 0 aliphatic heterocycles. The second-order valence-electron chi connectivity index (χ2n) is 4.52. The number of rotatable bonds is 0. The summed E-state index contributed by atoms with van der Waals surface area (Å²) in [6, 6.07) is 17.5. The lowest BCUT2D eigenvalue weighted by atomic mass is 10.1. The molecule has 0 saturated carbocycles. The van der Waals surface area contributed by atoms with E-state index in [0.29, 0.717) is 0 Å². The van der Waals surface area contributed by atoms with Gasteiger partial charge in [-0.2, -0.15) is 0 Å². The van der Waals surface area contributed by atoms with E-state index in [4.69, 9.17) is 0 Å². The first-order valence-electron chi connectivity index (χ1n) is 5.93. The van der Waals surface area contributed by atoms with E-state index in [9.17, 15) is 0 Å². The van der Waals surface area contributed by atoms with Gasteiger partial charge >= 0.3 is 0 Å². The van der Waals surface area contributed by atoms with E-state index in [1.165, 1.54) is 39.0 Å². The molecule has 0 atom stereocenters. The quantitative estimate of drug-likeness (QED) is 0.272. The average molecular weight is 439 g/mol. The molecule has 3 heteroatoms. The Morgan fingerprint density at radius 3 is 2.47 bits per heavy atom. The standard InChI is InChI=1S/C16H8BrIS/c17-14-8-13-11-6-5-9(18)7-15(11)19-16(13)12-4-2-1-3-10(12)14/h1-8H. The van der Waals surface area contributed by atoms with Crippen molar-refractivity contribution in [2.75, 3.05) is 0 Å². The topological polar surface area (TPSA) is 0 Å². The van der Waals surface area contributed by atoms with Crippen molar-refractivity contribution in [2.24, 2.45) is 0 Å². The van der Waals surface area contributed by atoms with Crippen LogP contribution in [0.1, 0.15) is 0 Å². The zero-order chi connectivity index (χ0) is 13.0. The molecule has 0 radical (unpaired) electrons. The van der Waals surface area contributed by atoms with Crippen LogP contribution in [0.15, 0.2) is 53.0 Å². The lowest BCUT2D eigenvalue weighted by molar-refractivity contribution is 1.76. The monoisotopic (exact) mass is 438 g/mol. The molecule has 1 aromatic heterocycles. The van der Waals surface area contributed by atoms with E-state index in [-0.39, 0.29) is 0 Å². The van der Waals surface area contributed by atoms with Gasteiger partial charge < -0.3 is 0 Å². The molecule has 0 spiro atoms. The van der Waals surface area contributed by atoms with Crippen LogP contribution >= 0.6 is 49.9 Å². The molecule has 4 aromatic rings. The minimum absolute atomic E-state index is 1.17. The van der Waals surface area contributed by atoms with Crippen molar-refractivity contribution >= 4 is 80.8 Å². The van der Waals surface area contributed by atoms with Gasteiger partial charge in [-0.3, -0.25) is 0 Å². The first-order valence-corrected chi connectivity index (χ1v) is 8.62. The Morgan fingerprint density at radius 2 is 1.63 bits per heavy atom. The Kier molecular flexibility index (Phi) is 2.83. The third-order valence-electron chi connectivity index (χ3n) is 3.39. The molecule has 0 N–H and O–H groups in total. The molecule has 0 nitrogen and oxygen atoms in total. The second-order valence-corrected chi connectivity index (χ2v) is 7.68. The number of thiophene rings is 1. The van der Waals surface area contributed by atoms with E-state index in [0.717, 1.165) is 0 Å². The van der Waals surface area contributed by atoms with E-state index in [1.54, 1.807) is 0 Å². The average Bonchev–Trinajstić information content (AvgIpc) is 2.77. The summed E-state index contributed by atoms with van der Waals surface area (Å²) in [7, 11) is 0. The lowest BCUT2D eigenvalue weighted by Crippen LogP contribution is -1.75. The fourth-order valence-electron chi connectivity index (χ4n) is 2.53. The summed E-state index contributed by atoms with van der Waals surface area (Å²) in [6.07, 6.45) is 0. The van der Waals surface area contributed by atoms with E-state index >= 15 is 0 Å². The maximum absolute atomic E-state index is 3.71. The molecule has 0 bridgehead atoms. The largest absolute Gasteiger partial charge is 0.134 e. The van der Waals surface area contributed by atoms with Crippen LogP contribution in [0.5, 0.6) is 0 Å². The third kappa shape index (κ3) is 1.82. The Hall–Kier alpha value is -0.650. The van der Waals surface area contributed by atoms with Crippen LogP contribution in [0.25, 0.3) is 30.9 Å². The van der Waals surface area contributed by atoms with Gasteiger partial charge in [0.1, 0.15) is 0 Å². The van der Waals surface area contributed by atoms with Gasteiger partial charge in [0.15, 0.2) is 0 Å². The summed E-state index contributed by atoms with van der Waals surface area (Å²) in [4.78, 5) is 0. The zero-order valence-electron chi connectivity index (χ0n) is 9.78.